The average Bonchev–Trinajstić information content (AvgIpc) is 3.18. The fraction of sp³-hybridized carbons (Fsp3) is 0.227. The van der Waals surface area contributed by atoms with Gasteiger partial charge in [0.2, 0.25) is 5.95 Å². The highest BCUT2D eigenvalue weighted by Gasteiger charge is 2.22. The third kappa shape index (κ3) is 4.43. The number of fused-ring (bicyclic) bond motifs is 1. The lowest BCUT2D eigenvalue weighted by atomic mass is 10.0. The van der Waals surface area contributed by atoms with Crippen LogP contribution in [0.2, 0.25) is 0 Å². The fourth-order valence-corrected chi connectivity index (χ4v) is 3.27. The van der Waals surface area contributed by atoms with Crippen molar-refractivity contribution in [3.8, 4) is 0 Å². The summed E-state index contributed by atoms with van der Waals surface area (Å²) in [6, 6.07) is 14.5. The van der Waals surface area contributed by atoms with E-state index in [2.05, 4.69) is 44.6 Å². The fourth-order valence-electron chi connectivity index (χ4n) is 3.27. The molecule has 3 aromatic heterocycles. The Bertz CT molecular complexity index is 1140. The van der Waals surface area contributed by atoms with Crippen LogP contribution in [-0.2, 0) is 0 Å². The molecule has 0 aliphatic rings. The molecule has 4 rings (SSSR count). The minimum Gasteiger partial charge on any atom is -0.342 e. The van der Waals surface area contributed by atoms with Crippen LogP contribution < -0.4 is 10.6 Å². The van der Waals surface area contributed by atoms with Gasteiger partial charge in [-0.25, -0.2) is 9.97 Å². The van der Waals surface area contributed by atoms with Crippen LogP contribution in [0.5, 0.6) is 0 Å². The van der Waals surface area contributed by atoms with E-state index in [1.807, 2.05) is 40.9 Å². The number of pyridine rings is 1. The van der Waals surface area contributed by atoms with E-state index in [0.717, 1.165) is 23.6 Å². The van der Waals surface area contributed by atoms with Gasteiger partial charge in [0.25, 0.3) is 5.91 Å². The van der Waals surface area contributed by atoms with Gasteiger partial charge >= 0.3 is 0 Å². The van der Waals surface area contributed by atoms with Crippen LogP contribution in [0.25, 0.3) is 5.65 Å². The molecule has 0 bridgehead atoms. The second-order valence-corrected chi connectivity index (χ2v) is 7.42. The Hall–Kier alpha value is -3.81. The number of carbonyl (C=O) groups is 1. The minimum atomic E-state index is -0.260. The minimum absolute atomic E-state index is 0.175. The maximum atomic E-state index is 13.0. The quantitative estimate of drug-likeness (QED) is 0.489. The topological polar surface area (TPSA) is 97.1 Å². The largest absolute Gasteiger partial charge is 0.342 e. The number of nitrogens with zero attached hydrogens (tertiary/aromatic N) is 5. The molecule has 0 spiro atoms. The predicted octanol–water partition coefficient (Wildman–Crippen LogP) is 3.78. The van der Waals surface area contributed by atoms with Crippen molar-refractivity contribution in [3.05, 3.63) is 78.5 Å². The standard InChI is InChI=1S/C22H23N7O/c1-15(2)13-18(20-28-27-19-9-3-4-12-29(19)20)26-21(30)16-7-5-8-17(14-16)25-22-23-10-6-11-24-22/h3-12,14-15,18H,13H2,1-2H3,(H,26,30)(H,23,24,25)/t18-/m0/s1. The molecular weight excluding hydrogens is 378 g/mol. The van der Waals surface area contributed by atoms with E-state index in [4.69, 9.17) is 0 Å². The van der Waals surface area contributed by atoms with Crippen molar-refractivity contribution >= 4 is 23.2 Å². The van der Waals surface area contributed by atoms with Gasteiger partial charge in [0.05, 0.1) is 6.04 Å². The Kier molecular flexibility index (Phi) is 5.65. The van der Waals surface area contributed by atoms with Crippen LogP contribution in [0.15, 0.2) is 67.1 Å². The smallest absolute Gasteiger partial charge is 0.251 e. The molecule has 0 radical (unpaired) electrons. The molecule has 1 amide bonds. The van der Waals surface area contributed by atoms with Crippen LogP contribution in [0, 0.1) is 5.92 Å². The number of amides is 1. The van der Waals surface area contributed by atoms with Gasteiger partial charge in [-0.1, -0.05) is 26.0 Å². The number of rotatable bonds is 7. The number of anilines is 2. The van der Waals surface area contributed by atoms with Crippen LogP contribution in [0.3, 0.4) is 0 Å². The number of carbonyl (C=O) groups excluding carboxylic acids is 1. The van der Waals surface area contributed by atoms with Gasteiger partial charge in [0.15, 0.2) is 11.5 Å². The molecule has 1 aromatic carbocycles. The molecular formula is C22H23N7O. The summed E-state index contributed by atoms with van der Waals surface area (Å²) in [6.45, 7) is 4.24. The average molecular weight is 401 g/mol. The van der Waals surface area contributed by atoms with Crippen molar-refractivity contribution in [1.29, 1.82) is 0 Å². The Morgan fingerprint density at radius 2 is 1.87 bits per heavy atom. The Balaban J connectivity index is 1.56. The Labute approximate surface area is 174 Å². The van der Waals surface area contributed by atoms with Gasteiger partial charge < -0.3 is 10.6 Å². The van der Waals surface area contributed by atoms with Crippen molar-refractivity contribution in [2.75, 3.05) is 5.32 Å². The molecule has 4 aromatic rings. The summed E-state index contributed by atoms with van der Waals surface area (Å²) in [7, 11) is 0. The predicted molar refractivity (Wildman–Crippen MR) is 114 cm³/mol. The molecule has 3 heterocycles. The van der Waals surface area contributed by atoms with E-state index >= 15 is 0 Å². The lowest BCUT2D eigenvalue weighted by Crippen LogP contribution is -2.31. The zero-order valence-corrected chi connectivity index (χ0v) is 16.9. The van der Waals surface area contributed by atoms with Crippen LogP contribution in [-0.4, -0.2) is 30.5 Å². The highest BCUT2D eigenvalue weighted by molar-refractivity contribution is 5.95. The first-order chi connectivity index (χ1) is 14.6. The van der Waals surface area contributed by atoms with Gasteiger partial charge in [0.1, 0.15) is 0 Å². The third-order valence-electron chi connectivity index (χ3n) is 4.61. The molecule has 30 heavy (non-hydrogen) atoms. The molecule has 0 unspecified atom stereocenters. The molecule has 0 saturated carbocycles. The highest BCUT2D eigenvalue weighted by Crippen LogP contribution is 2.22. The highest BCUT2D eigenvalue weighted by atomic mass is 16.1. The number of aromatic nitrogens is 5. The summed E-state index contributed by atoms with van der Waals surface area (Å²) in [5.74, 6) is 1.39. The van der Waals surface area contributed by atoms with E-state index < -0.39 is 0 Å². The second kappa shape index (κ2) is 8.69. The summed E-state index contributed by atoms with van der Waals surface area (Å²) in [5.41, 5.74) is 2.03. The molecule has 0 saturated heterocycles. The Morgan fingerprint density at radius 3 is 2.67 bits per heavy atom. The molecule has 2 N–H and O–H groups in total. The number of nitrogens with one attached hydrogen (secondary N) is 2. The molecule has 0 fully saturated rings. The van der Waals surface area contributed by atoms with Gasteiger partial charge in [0, 0.05) is 29.8 Å². The van der Waals surface area contributed by atoms with Crippen LogP contribution in [0.1, 0.15) is 42.5 Å². The van der Waals surface area contributed by atoms with Crippen molar-refractivity contribution in [3.63, 3.8) is 0 Å². The number of benzene rings is 1. The second-order valence-electron chi connectivity index (χ2n) is 7.42. The van der Waals surface area contributed by atoms with Gasteiger partial charge in [-0.05, 0) is 48.7 Å². The monoisotopic (exact) mass is 401 g/mol. The summed E-state index contributed by atoms with van der Waals surface area (Å²) in [4.78, 5) is 21.3. The third-order valence-corrected chi connectivity index (χ3v) is 4.61. The SMILES string of the molecule is CC(C)C[C@H](NC(=O)c1cccc(Nc2ncccn2)c1)c1nnc2ccccn12. The maximum absolute atomic E-state index is 13.0. The molecule has 152 valence electrons. The molecule has 0 aliphatic carbocycles. The van der Waals surface area contributed by atoms with Crippen molar-refractivity contribution in [2.24, 2.45) is 5.92 Å². The lowest BCUT2D eigenvalue weighted by Gasteiger charge is -2.19. The Morgan fingerprint density at radius 1 is 1.03 bits per heavy atom. The van der Waals surface area contributed by atoms with E-state index in [9.17, 15) is 4.79 Å². The normalized spacial score (nSPS) is 12.1. The van der Waals surface area contributed by atoms with Gasteiger partial charge in [-0.3, -0.25) is 9.20 Å². The molecule has 1 atom stereocenters. The molecule has 8 heteroatoms. The van der Waals surface area contributed by atoms with Crippen molar-refractivity contribution in [2.45, 2.75) is 26.3 Å². The van der Waals surface area contributed by atoms with E-state index in [1.54, 1.807) is 30.6 Å². The first-order valence-electron chi connectivity index (χ1n) is 9.85. The zero-order valence-electron chi connectivity index (χ0n) is 16.9. The molecule has 8 nitrogen and oxygen atoms in total. The zero-order chi connectivity index (χ0) is 20.9. The molecule has 0 aliphatic heterocycles. The summed E-state index contributed by atoms with van der Waals surface area (Å²) >= 11 is 0. The van der Waals surface area contributed by atoms with Crippen molar-refractivity contribution in [1.82, 2.24) is 29.9 Å². The van der Waals surface area contributed by atoms with E-state index in [0.29, 0.717) is 17.4 Å². The first-order valence-corrected chi connectivity index (χ1v) is 9.85. The van der Waals surface area contributed by atoms with Crippen LogP contribution >= 0.6 is 0 Å². The number of hydrogen-bond donors (Lipinski definition) is 2. The summed E-state index contributed by atoms with van der Waals surface area (Å²) in [5, 5.41) is 14.8. The lowest BCUT2D eigenvalue weighted by molar-refractivity contribution is 0.0929. The number of hydrogen-bond acceptors (Lipinski definition) is 6. The van der Waals surface area contributed by atoms with Crippen molar-refractivity contribution < 1.29 is 4.79 Å². The van der Waals surface area contributed by atoms with Gasteiger partial charge in [-0.2, -0.15) is 0 Å². The van der Waals surface area contributed by atoms with Gasteiger partial charge in [-0.15, -0.1) is 10.2 Å². The van der Waals surface area contributed by atoms with E-state index in [1.165, 1.54) is 0 Å². The maximum Gasteiger partial charge on any atom is 0.251 e. The van der Waals surface area contributed by atoms with Crippen LogP contribution in [0.4, 0.5) is 11.6 Å². The summed E-state index contributed by atoms with van der Waals surface area (Å²) in [6.07, 6.45) is 5.97. The summed E-state index contributed by atoms with van der Waals surface area (Å²) < 4.78 is 1.91. The van der Waals surface area contributed by atoms with E-state index in [-0.39, 0.29) is 11.9 Å². The first kappa shape index (κ1) is 19.5.